The molecule has 10 heteroatoms. The highest BCUT2D eigenvalue weighted by Crippen LogP contribution is 2.19. The van der Waals surface area contributed by atoms with E-state index in [4.69, 9.17) is 32.5 Å². The number of carboxylic acid groups (broad SMARTS) is 3. The molecular formula is C12H21N3O7. The highest BCUT2D eigenvalue weighted by Gasteiger charge is 2.36. The summed E-state index contributed by atoms with van der Waals surface area (Å²) in [6.07, 6.45) is -1.68. The van der Waals surface area contributed by atoms with Crippen LogP contribution in [-0.2, 0) is 19.2 Å². The third kappa shape index (κ3) is 7.67. The van der Waals surface area contributed by atoms with E-state index >= 15 is 0 Å². The van der Waals surface area contributed by atoms with E-state index in [-0.39, 0.29) is 25.7 Å². The van der Waals surface area contributed by atoms with Gasteiger partial charge in [-0.2, -0.15) is 0 Å². The van der Waals surface area contributed by atoms with Crippen LogP contribution < -0.4 is 17.2 Å². The fourth-order valence-electron chi connectivity index (χ4n) is 1.81. The maximum atomic E-state index is 12.0. The number of carbonyl (C=O) groups excluding carboxylic acids is 1. The van der Waals surface area contributed by atoms with Crippen molar-refractivity contribution in [3.05, 3.63) is 0 Å². The summed E-state index contributed by atoms with van der Waals surface area (Å²) in [6.45, 7) is 0. The molecule has 0 aromatic rings. The van der Waals surface area contributed by atoms with Gasteiger partial charge in [-0.3, -0.25) is 19.2 Å². The number of carboxylic acids is 3. The number of Topliss-reactive ketones (excluding diaryl/α,β-unsaturated/α-hetero) is 1. The first-order valence-electron chi connectivity index (χ1n) is 6.49. The summed E-state index contributed by atoms with van der Waals surface area (Å²) in [5.74, 6) is -6.32. The molecule has 0 heterocycles. The van der Waals surface area contributed by atoms with Gasteiger partial charge in [0.25, 0.3) is 0 Å². The van der Waals surface area contributed by atoms with E-state index in [1.54, 1.807) is 0 Å². The van der Waals surface area contributed by atoms with E-state index in [1.807, 2.05) is 0 Å². The van der Waals surface area contributed by atoms with Crippen LogP contribution in [0.25, 0.3) is 0 Å². The fourth-order valence-corrected chi connectivity index (χ4v) is 1.81. The van der Waals surface area contributed by atoms with Gasteiger partial charge in [-0.1, -0.05) is 0 Å². The Balaban J connectivity index is 4.84. The third-order valence-corrected chi connectivity index (χ3v) is 3.06. The van der Waals surface area contributed by atoms with Crippen LogP contribution in [0.1, 0.15) is 32.1 Å². The summed E-state index contributed by atoms with van der Waals surface area (Å²) in [4.78, 5) is 44.1. The summed E-state index contributed by atoms with van der Waals surface area (Å²) in [7, 11) is 0. The normalized spacial score (nSPS) is 14.1. The molecule has 0 fully saturated rings. The maximum Gasteiger partial charge on any atom is 0.314 e. The minimum absolute atomic E-state index is 0.213. The van der Waals surface area contributed by atoms with Crippen LogP contribution in [0.3, 0.4) is 0 Å². The van der Waals surface area contributed by atoms with Crippen LogP contribution in [-0.4, -0.2) is 50.7 Å². The Labute approximate surface area is 126 Å². The van der Waals surface area contributed by atoms with Crippen molar-refractivity contribution in [1.82, 2.24) is 0 Å². The van der Waals surface area contributed by atoms with Crippen molar-refractivity contribution in [1.29, 1.82) is 0 Å². The van der Waals surface area contributed by atoms with Crippen LogP contribution in [0.15, 0.2) is 0 Å². The molecule has 10 nitrogen and oxygen atoms in total. The molecule has 0 amide bonds. The second-order valence-electron chi connectivity index (χ2n) is 5.16. The monoisotopic (exact) mass is 319 g/mol. The molecule has 0 radical (unpaired) electrons. The Kier molecular flexibility index (Phi) is 7.63. The van der Waals surface area contributed by atoms with Crippen molar-refractivity contribution in [3.63, 3.8) is 0 Å². The van der Waals surface area contributed by atoms with Crippen molar-refractivity contribution >= 4 is 23.7 Å². The highest BCUT2D eigenvalue weighted by atomic mass is 16.4. The average molecular weight is 319 g/mol. The number of nitrogens with two attached hydrogens (primary N) is 3. The molecule has 0 aliphatic heterocycles. The smallest absolute Gasteiger partial charge is 0.314 e. The van der Waals surface area contributed by atoms with Crippen molar-refractivity contribution in [2.45, 2.75) is 43.8 Å². The molecule has 0 saturated heterocycles. The molecule has 0 aromatic carbocycles. The van der Waals surface area contributed by atoms with Crippen LogP contribution in [0.4, 0.5) is 0 Å². The van der Waals surface area contributed by atoms with Crippen molar-refractivity contribution in [3.8, 4) is 0 Å². The Bertz CT molecular complexity index is 450. The van der Waals surface area contributed by atoms with Gasteiger partial charge in [-0.25, -0.2) is 0 Å². The topological polar surface area (TPSA) is 207 Å². The van der Waals surface area contributed by atoms with Gasteiger partial charge in [0.2, 0.25) is 0 Å². The van der Waals surface area contributed by atoms with Crippen molar-refractivity contribution in [2.24, 2.45) is 23.1 Å². The number of aliphatic carboxylic acids is 3. The number of hydrogen-bond acceptors (Lipinski definition) is 7. The Morgan fingerprint density at radius 1 is 0.955 bits per heavy atom. The summed E-state index contributed by atoms with van der Waals surface area (Å²) in [5, 5.41) is 26.2. The standard InChI is InChI=1S/C12H21N3O7/c13-7(1-2-8(16)17)10(20)6(11(21)22)5-12(14,15)4-3-9(18)19/h6-7H,1-5,13-15H2,(H,16,17)(H,18,19)(H,21,22)/t6?,7-/m1/s1. The molecule has 126 valence electrons. The predicted octanol–water partition coefficient (Wildman–Crippen LogP) is -1.68. The predicted molar refractivity (Wildman–Crippen MR) is 73.6 cm³/mol. The molecule has 0 spiro atoms. The van der Waals surface area contributed by atoms with Crippen molar-refractivity contribution in [2.75, 3.05) is 0 Å². The summed E-state index contributed by atoms with van der Waals surface area (Å²) < 4.78 is 0. The minimum Gasteiger partial charge on any atom is -0.481 e. The molecule has 0 saturated carbocycles. The number of hydrogen-bond donors (Lipinski definition) is 6. The SMILES string of the molecule is N[C@H](CCC(=O)O)C(=O)C(CC(N)(N)CCC(=O)O)C(=O)O. The first-order valence-corrected chi connectivity index (χ1v) is 6.49. The zero-order valence-corrected chi connectivity index (χ0v) is 11.9. The molecule has 9 N–H and O–H groups in total. The Hall–Kier alpha value is -2.04. The summed E-state index contributed by atoms with van der Waals surface area (Å²) >= 11 is 0. The molecule has 1 unspecified atom stereocenters. The molecule has 0 aliphatic rings. The van der Waals surface area contributed by atoms with E-state index in [1.165, 1.54) is 0 Å². The lowest BCUT2D eigenvalue weighted by molar-refractivity contribution is -0.147. The second kappa shape index (κ2) is 8.41. The molecule has 0 rings (SSSR count). The van der Waals surface area contributed by atoms with Gasteiger partial charge >= 0.3 is 17.9 Å². The van der Waals surface area contributed by atoms with Crippen LogP contribution in [0, 0.1) is 5.92 Å². The van der Waals surface area contributed by atoms with Crippen molar-refractivity contribution < 1.29 is 34.5 Å². The van der Waals surface area contributed by atoms with E-state index < -0.39 is 47.7 Å². The van der Waals surface area contributed by atoms with E-state index in [9.17, 15) is 19.2 Å². The first kappa shape index (κ1) is 20.0. The second-order valence-corrected chi connectivity index (χ2v) is 5.16. The van der Waals surface area contributed by atoms with E-state index in [0.29, 0.717) is 0 Å². The first-order chi connectivity index (χ1) is 9.96. The molecule has 0 aliphatic carbocycles. The van der Waals surface area contributed by atoms with Gasteiger partial charge < -0.3 is 32.5 Å². The summed E-state index contributed by atoms with van der Waals surface area (Å²) in [5.41, 5.74) is 15.1. The summed E-state index contributed by atoms with van der Waals surface area (Å²) in [6, 6.07) is -1.27. The van der Waals surface area contributed by atoms with Crippen LogP contribution in [0.2, 0.25) is 0 Å². The van der Waals surface area contributed by atoms with Crippen LogP contribution >= 0.6 is 0 Å². The lowest BCUT2D eigenvalue weighted by Gasteiger charge is -2.27. The van der Waals surface area contributed by atoms with Gasteiger partial charge in [-0.15, -0.1) is 0 Å². The number of rotatable bonds is 11. The molecule has 0 aromatic heterocycles. The number of carbonyl (C=O) groups is 4. The zero-order chi connectivity index (χ0) is 17.5. The zero-order valence-electron chi connectivity index (χ0n) is 11.9. The van der Waals surface area contributed by atoms with Gasteiger partial charge in [0, 0.05) is 12.8 Å². The molecular weight excluding hydrogens is 298 g/mol. The maximum absolute atomic E-state index is 12.0. The van der Waals surface area contributed by atoms with Crippen LogP contribution in [0.5, 0.6) is 0 Å². The molecule has 2 atom stereocenters. The molecule has 22 heavy (non-hydrogen) atoms. The Morgan fingerprint density at radius 3 is 1.86 bits per heavy atom. The lowest BCUT2D eigenvalue weighted by atomic mass is 9.86. The third-order valence-electron chi connectivity index (χ3n) is 3.06. The van der Waals surface area contributed by atoms with Gasteiger partial charge in [-0.05, 0) is 19.3 Å². The quantitative estimate of drug-likeness (QED) is 0.188. The van der Waals surface area contributed by atoms with Gasteiger partial charge in [0.1, 0.15) is 5.92 Å². The minimum atomic E-state index is -1.66. The molecule has 0 bridgehead atoms. The Morgan fingerprint density at radius 2 is 1.45 bits per heavy atom. The van der Waals surface area contributed by atoms with E-state index in [2.05, 4.69) is 0 Å². The van der Waals surface area contributed by atoms with Gasteiger partial charge in [0.15, 0.2) is 5.78 Å². The van der Waals surface area contributed by atoms with Gasteiger partial charge in [0.05, 0.1) is 11.7 Å². The number of ketones is 1. The van der Waals surface area contributed by atoms with E-state index in [0.717, 1.165) is 0 Å². The lowest BCUT2D eigenvalue weighted by Crippen LogP contribution is -2.54. The largest absolute Gasteiger partial charge is 0.481 e. The highest BCUT2D eigenvalue weighted by molar-refractivity contribution is 6.01. The average Bonchev–Trinajstić information content (AvgIpc) is 2.39. The fraction of sp³-hybridized carbons (Fsp3) is 0.667.